The maximum absolute atomic E-state index is 13.7. The van der Waals surface area contributed by atoms with Gasteiger partial charge in [0, 0.05) is 44.8 Å². The molecule has 1 aliphatic heterocycles. The summed E-state index contributed by atoms with van der Waals surface area (Å²) in [6.45, 7) is 5.86. The Morgan fingerprint density at radius 1 is 0.917 bits per heavy atom. The van der Waals surface area contributed by atoms with E-state index < -0.39 is 0 Å². The number of methoxy groups -OCH3 is 1. The monoisotopic (exact) mass is 328 g/mol. The molecule has 0 atom stereocenters. The van der Waals surface area contributed by atoms with Crippen LogP contribution in [0.25, 0.3) is 0 Å². The second kappa shape index (κ2) is 8.27. The summed E-state index contributed by atoms with van der Waals surface area (Å²) in [4.78, 5) is 4.82. The minimum atomic E-state index is -0.0977. The van der Waals surface area contributed by atoms with Crippen molar-refractivity contribution in [1.82, 2.24) is 9.80 Å². The summed E-state index contributed by atoms with van der Waals surface area (Å²) in [6, 6.07) is 15.4. The average molecular weight is 328 g/mol. The Labute approximate surface area is 143 Å². The molecule has 2 aromatic carbocycles. The van der Waals surface area contributed by atoms with Gasteiger partial charge in [0.25, 0.3) is 0 Å². The van der Waals surface area contributed by atoms with E-state index in [1.165, 1.54) is 5.56 Å². The molecule has 0 bridgehead atoms. The summed E-state index contributed by atoms with van der Waals surface area (Å²) in [7, 11) is 1.69. The van der Waals surface area contributed by atoms with E-state index >= 15 is 0 Å². The molecule has 3 rings (SSSR count). The van der Waals surface area contributed by atoms with Crippen LogP contribution in [0.4, 0.5) is 4.39 Å². The van der Waals surface area contributed by atoms with Crippen molar-refractivity contribution in [1.29, 1.82) is 0 Å². The molecule has 0 aliphatic carbocycles. The zero-order chi connectivity index (χ0) is 16.8. The van der Waals surface area contributed by atoms with Crippen molar-refractivity contribution in [2.24, 2.45) is 0 Å². The summed E-state index contributed by atoms with van der Waals surface area (Å²) < 4.78 is 18.9. The van der Waals surface area contributed by atoms with Crippen LogP contribution in [0, 0.1) is 5.82 Å². The highest BCUT2D eigenvalue weighted by atomic mass is 19.1. The van der Waals surface area contributed by atoms with E-state index in [0.29, 0.717) is 6.54 Å². The SMILES string of the molecule is COc1ccc(CCN2CCN(Cc3ccccc3F)CC2)cc1. The van der Waals surface area contributed by atoms with Gasteiger partial charge in [0.2, 0.25) is 0 Å². The van der Waals surface area contributed by atoms with Crippen molar-refractivity contribution in [3.8, 4) is 5.75 Å². The lowest BCUT2D eigenvalue weighted by molar-refractivity contribution is 0.127. The zero-order valence-electron chi connectivity index (χ0n) is 14.2. The number of ether oxygens (including phenoxy) is 1. The Morgan fingerprint density at radius 3 is 2.25 bits per heavy atom. The van der Waals surface area contributed by atoms with Gasteiger partial charge in [-0.1, -0.05) is 30.3 Å². The van der Waals surface area contributed by atoms with E-state index in [-0.39, 0.29) is 5.82 Å². The van der Waals surface area contributed by atoms with Crippen LogP contribution in [0.1, 0.15) is 11.1 Å². The maximum Gasteiger partial charge on any atom is 0.127 e. The van der Waals surface area contributed by atoms with Crippen LogP contribution in [0.5, 0.6) is 5.75 Å². The number of hydrogen-bond acceptors (Lipinski definition) is 3. The van der Waals surface area contributed by atoms with Crippen LogP contribution in [0.2, 0.25) is 0 Å². The van der Waals surface area contributed by atoms with Gasteiger partial charge in [-0.2, -0.15) is 0 Å². The van der Waals surface area contributed by atoms with Gasteiger partial charge in [-0.15, -0.1) is 0 Å². The van der Waals surface area contributed by atoms with Crippen molar-refractivity contribution in [3.05, 3.63) is 65.5 Å². The fourth-order valence-electron chi connectivity index (χ4n) is 3.12. The zero-order valence-corrected chi connectivity index (χ0v) is 14.2. The van der Waals surface area contributed by atoms with Crippen molar-refractivity contribution in [2.45, 2.75) is 13.0 Å². The highest BCUT2D eigenvalue weighted by molar-refractivity contribution is 5.27. The molecule has 3 nitrogen and oxygen atoms in total. The number of halogens is 1. The van der Waals surface area contributed by atoms with E-state index in [4.69, 9.17) is 4.74 Å². The normalized spacial score (nSPS) is 16.2. The molecule has 1 fully saturated rings. The first-order chi connectivity index (χ1) is 11.7. The van der Waals surface area contributed by atoms with E-state index in [9.17, 15) is 4.39 Å². The molecule has 0 unspecified atom stereocenters. The molecule has 0 saturated carbocycles. The molecular formula is C20H25FN2O. The molecule has 1 saturated heterocycles. The van der Waals surface area contributed by atoms with Gasteiger partial charge in [-0.05, 0) is 30.2 Å². The molecule has 1 aliphatic rings. The summed E-state index contributed by atoms with van der Waals surface area (Å²) in [5, 5.41) is 0. The van der Waals surface area contributed by atoms with Gasteiger partial charge in [-0.3, -0.25) is 4.90 Å². The summed E-state index contributed by atoms with van der Waals surface area (Å²) in [6.07, 6.45) is 1.05. The quantitative estimate of drug-likeness (QED) is 0.810. The maximum atomic E-state index is 13.7. The van der Waals surface area contributed by atoms with Crippen molar-refractivity contribution >= 4 is 0 Å². The smallest absolute Gasteiger partial charge is 0.127 e. The summed E-state index contributed by atoms with van der Waals surface area (Å²) in [5.41, 5.74) is 2.13. The molecular weight excluding hydrogens is 303 g/mol. The first kappa shape index (κ1) is 16.9. The van der Waals surface area contributed by atoms with Crippen molar-refractivity contribution in [3.63, 3.8) is 0 Å². The van der Waals surface area contributed by atoms with Gasteiger partial charge >= 0.3 is 0 Å². The number of hydrogen-bond donors (Lipinski definition) is 0. The van der Waals surface area contributed by atoms with Crippen LogP contribution in [-0.4, -0.2) is 49.6 Å². The van der Waals surface area contributed by atoms with E-state index in [1.807, 2.05) is 24.3 Å². The predicted molar refractivity (Wildman–Crippen MR) is 94.8 cm³/mol. The lowest BCUT2D eigenvalue weighted by atomic mass is 10.1. The lowest BCUT2D eigenvalue weighted by Gasteiger charge is -2.34. The van der Waals surface area contributed by atoms with Crippen LogP contribution >= 0.6 is 0 Å². The van der Waals surface area contributed by atoms with Crippen molar-refractivity contribution in [2.75, 3.05) is 39.8 Å². The molecule has 2 aromatic rings. The minimum absolute atomic E-state index is 0.0977. The fourth-order valence-corrected chi connectivity index (χ4v) is 3.12. The summed E-state index contributed by atoms with van der Waals surface area (Å²) >= 11 is 0. The van der Waals surface area contributed by atoms with E-state index in [0.717, 1.165) is 50.5 Å². The molecule has 0 aromatic heterocycles. The molecule has 0 amide bonds. The minimum Gasteiger partial charge on any atom is -0.497 e. The average Bonchev–Trinajstić information content (AvgIpc) is 2.63. The van der Waals surface area contributed by atoms with E-state index in [2.05, 4.69) is 21.9 Å². The molecule has 4 heteroatoms. The molecule has 128 valence electrons. The third-order valence-electron chi connectivity index (χ3n) is 4.69. The van der Waals surface area contributed by atoms with Gasteiger partial charge < -0.3 is 9.64 Å². The predicted octanol–water partition coefficient (Wildman–Crippen LogP) is 3.19. The highest BCUT2D eigenvalue weighted by Gasteiger charge is 2.17. The molecule has 0 radical (unpaired) electrons. The topological polar surface area (TPSA) is 15.7 Å². The van der Waals surface area contributed by atoms with Crippen LogP contribution in [-0.2, 0) is 13.0 Å². The Hall–Kier alpha value is -1.91. The second-order valence-corrected chi connectivity index (χ2v) is 6.31. The third-order valence-corrected chi connectivity index (χ3v) is 4.69. The molecule has 0 N–H and O–H groups in total. The molecule has 0 spiro atoms. The van der Waals surface area contributed by atoms with Crippen LogP contribution in [0.15, 0.2) is 48.5 Å². The number of piperazine rings is 1. The summed E-state index contributed by atoms with van der Waals surface area (Å²) in [5.74, 6) is 0.806. The van der Waals surface area contributed by atoms with Crippen molar-refractivity contribution < 1.29 is 9.13 Å². The Bertz CT molecular complexity index is 636. The Balaban J connectivity index is 1.42. The van der Waals surface area contributed by atoms with Crippen LogP contribution < -0.4 is 4.74 Å². The largest absolute Gasteiger partial charge is 0.497 e. The fraction of sp³-hybridized carbons (Fsp3) is 0.400. The Morgan fingerprint density at radius 2 is 1.58 bits per heavy atom. The van der Waals surface area contributed by atoms with Gasteiger partial charge in [-0.25, -0.2) is 4.39 Å². The standard InChI is InChI=1S/C20H25FN2O/c1-24-19-8-6-17(7-9-19)10-11-22-12-14-23(15-13-22)16-18-4-2-3-5-20(18)21/h2-9H,10-16H2,1H3. The third kappa shape index (κ3) is 4.56. The molecule has 1 heterocycles. The first-order valence-corrected chi connectivity index (χ1v) is 8.55. The van der Waals surface area contributed by atoms with Gasteiger partial charge in [0.1, 0.15) is 11.6 Å². The molecule has 24 heavy (non-hydrogen) atoms. The second-order valence-electron chi connectivity index (χ2n) is 6.31. The number of benzene rings is 2. The first-order valence-electron chi connectivity index (χ1n) is 8.55. The van der Waals surface area contributed by atoms with Crippen LogP contribution in [0.3, 0.4) is 0 Å². The van der Waals surface area contributed by atoms with Gasteiger partial charge in [0.05, 0.1) is 7.11 Å². The van der Waals surface area contributed by atoms with E-state index in [1.54, 1.807) is 19.2 Å². The highest BCUT2D eigenvalue weighted by Crippen LogP contribution is 2.14. The van der Waals surface area contributed by atoms with Gasteiger partial charge in [0.15, 0.2) is 0 Å². The Kier molecular flexibility index (Phi) is 5.83. The number of nitrogens with zero attached hydrogens (tertiary/aromatic N) is 2. The lowest BCUT2D eigenvalue weighted by Crippen LogP contribution is -2.46. The number of rotatable bonds is 6.